The maximum absolute atomic E-state index is 11.9. The molecule has 0 saturated carbocycles. The van der Waals surface area contributed by atoms with E-state index < -0.39 is 0 Å². The zero-order chi connectivity index (χ0) is 13.8. The third-order valence-electron chi connectivity index (χ3n) is 3.04. The van der Waals surface area contributed by atoms with Gasteiger partial charge in [0.05, 0.1) is 11.6 Å². The molecule has 0 atom stereocenters. The monoisotopic (exact) mass is 392 g/mol. The Morgan fingerprint density at radius 1 is 1.32 bits per heavy atom. The zero-order valence-electron chi connectivity index (χ0n) is 10.3. The fourth-order valence-electron chi connectivity index (χ4n) is 1.97. The molecule has 0 aromatic heterocycles. The van der Waals surface area contributed by atoms with Crippen molar-refractivity contribution in [2.24, 2.45) is 0 Å². The summed E-state index contributed by atoms with van der Waals surface area (Å²) in [5, 5.41) is 3.17. The van der Waals surface area contributed by atoms with Crippen LogP contribution in [0.5, 0.6) is 0 Å². The van der Waals surface area contributed by atoms with Crippen LogP contribution < -0.4 is 5.32 Å². The molecular formula is C13H14ClIN2O2. The minimum absolute atomic E-state index is 0.0255. The predicted octanol–water partition coefficient (Wildman–Crippen LogP) is 2.30. The number of hydrogen-bond acceptors (Lipinski definition) is 2. The van der Waals surface area contributed by atoms with Gasteiger partial charge >= 0.3 is 0 Å². The Morgan fingerprint density at radius 3 is 2.63 bits per heavy atom. The van der Waals surface area contributed by atoms with Crippen molar-refractivity contribution in [3.63, 3.8) is 0 Å². The molecule has 1 aliphatic rings. The molecule has 0 unspecified atom stereocenters. The molecule has 0 bridgehead atoms. The number of halogens is 2. The van der Waals surface area contributed by atoms with Crippen molar-refractivity contribution < 1.29 is 9.59 Å². The lowest BCUT2D eigenvalue weighted by molar-refractivity contribution is -0.129. The molecule has 0 aliphatic carbocycles. The van der Waals surface area contributed by atoms with Crippen LogP contribution in [0.1, 0.15) is 23.2 Å². The molecule has 0 radical (unpaired) electrons. The highest BCUT2D eigenvalue weighted by Gasteiger charge is 2.18. The van der Waals surface area contributed by atoms with E-state index in [2.05, 4.69) is 27.9 Å². The molecule has 2 amide bonds. The molecule has 1 N–H and O–H groups in total. The topological polar surface area (TPSA) is 49.4 Å². The highest BCUT2D eigenvalue weighted by atomic mass is 127. The van der Waals surface area contributed by atoms with Crippen LogP contribution in [-0.4, -0.2) is 36.3 Å². The molecule has 1 saturated heterocycles. The lowest BCUT2D eigenvalue weighted by atomic mass is 10.2. The van der Waals surface area contributed by atoms with E-state index in [9.17, 15) is 9.59 Å². The van der Waals surface area contributed by atoms with Gasteiger partial charge in [0.1, 0.15) is 0 Å². The van der Waals surface area contributed by atoms with Gasteiger partial charge in [-0.1, -0.05) is 11.6 Å². The van der Waals surface area contributed by atoms with Gasteiger partial charge in [0, 0.05) is 22.2 Å². The first-order chi connectivity index (χ1) is 9.08. The van der Waals surface area contributed by atoms with E-state index in [1.165, 1.54) is 0 Å². The van der Waals surface area contributed by atoms with E-state index >= 15 is 0 Å². The number of nitrogens with zero attached hydrogens (tertiary/aromatic N) is 1. The summed E-state index contributed by atoms with van der Waals surface area (Å²) in [5.74, 6) is -0.298. The second kappa shape index (κ2) is 6.56. The lowest BCUT2D eigenvalue weighted by Crippen LogP contribution is -2.38. The van der Waals surface area contributed by atoms with Gasteiger partial charge in [0.15, 0.2) is 0 Å². The summed E-state index contributed by atoms with van der Waals surface area (Å²) < 4.78 is 0.893. The van der Waals surface area contributed by atoms with E-state index in [0.29, 0.717) is 10.6 Å². The van der Waals surface area contributed by atoms with Crippen molar-refractivity contribution in [3.8, 4) is 0 Å². The van der Waals surface area contributed by atoms with Crippen LogP contribution in [0.3, 0.4) is 0 Å². The lowest BCUT2D eigenvalue weighted by Gasteiger charge is -2.15. The average Bonchev–Trinajstić information content (AvgIpc) is 2.92. The summed E-state index contributed by atoms with van der Waals surface area (Å²) in [4.78, 5) is 25.4. The van der Waals surface area contributed by atoms with Gasteiger partial charge < -0.3 is 10.2 Å². The van der Waals surface area contributed by atoms with Gasteiger partial charge in [-0.15, -0.1) is 0 Å². The minimum Gasteiger partial charge on any atom is -0.343 e. The third kappa shape index (κ3) is 3.82. The Bertz CT molecular complexity index is 501. The molecule has 1 fully saturated rings. The first-order valence-corrected chi connectivity index (χ1v) is 7.54. The van der Waals surface area contributed by atoms with Gasteiger partial charge in [-0.05, 0) is 53.6 Å². The van der Waals surface area contributed by atoms with Crippen LogP contribution >= 0.6 is 34.2 Å². The first-order valence-electron chi connectivity index (χ1n) is 6.09. The van der Waals surface area contributed by atoms with Crippen LogP contribution in [-0.2, 0) is 4.79 Å². The molecule has 19 heavy (non-hydrogen) atoms. The number of carbonyl (C=O) groups excluding carboxylic acids is 2. The summed E-state index contributed by atoms with van der Waals surface area (Å²) in [6.07, 6.45) is 2.10. The van der Waals surface area contributed by atoms with Gasteiger partial charge in [0.2, 0.25) is 5.91 Å². The normalized spacial score (nSPS) is 14.5. The average molecular weight is 393 g/mol. The van der Waals surface area contributed by atoms with Crippen LogP contribution in [0.2, 0.25) is 5.02 Å². The van der Waals surface area contributed by atoms with Crippen LogP contribution in [0, 0.1) is 3.57 Å². The standard InChI is InChI=1S/C13H14ClIN2O2/c14-10-7-9(3-4-11(10)15)13(19)16-8-12(18)17-5-1-2-6-17/h3-4,7H,1-2,5-6,8H2,(H,16,19). The van der Waals surface area contributed by atoms with Crippen molar-refractivity contribution in [2.45, 2.75) is 12.8 Å². The van der Waals surface area contributed by atoms with Crippen LogP contribution in [0.4, 0.5) is 0 Å². The van der Waals surface area contributed by atoms with E-state index in [1.54, 1.807) is 23.1 Å². The van der Waals surface area contributed by atoms with E-state index in [1.807, 2.05) is 0 Å². The Morgan fingerprint density at radius 2 is 2.00 bits per heavy atom. The summed E-state index contributed by atoms with van der Waals surface area (Å²) >= 11 is 8.06. The van der Waals surface area contributed by atoms with E-state index in [0.717, 1.165) is 29.5 Å². The largest absolute Gasteiger partial charge is 0.343 e. The highest BCUT2D eigenvalue weighted by Crippen LogP contribution is 2.19. The summed E-state index contributed by atoms with van der Waals surface area (Å²) in [6, 6.07) is 5.09. The zero-order valence-corrected chi connectivity index (χ0v) is 13.2. The van der Waals surface area contributed by atoms with Crippen molar-refractivity contribution in [3.05, 3.63) is 32.4 Å². The summed E-state index contributed by atoms with van der Waals surface area (Å²) in [6.45, 7) is 1.64. The second-order valence-corrected chi connectivity index (χ2v) is 5.97. The van der Waals surface area contributed by atoms with Crippen molar-refractivity contribution in [2.75, 3.05) is 19.6 Å². The number of carbonyl (C=O) groups is 2. The second-order valence-electron chi connectivity index (χ2n) is 4.40. The Hall–Kier alpha value is -0.820. The van der Waals surface area contributed by atoms with Gasteiger partial charge in [-0.2, -0.15) is 0 Å². The van der Waals surface area contributed by atoms with Gasteiger partial charge in [-0.25, -0.2) is 0 Å². The van der Waals surface area contributed by atoms with Crippen LogP contribution in [0.15, 0.2) is 18.2 Å². The summed E-state index contributed by atoms with van der Waals surface area (Å²) in [5.41, 5.74) is 0.472. The maximum atomic E-state index is 11.9. The molecule has 2 rings (SSSR count). The third-order valence-corrected chi connectivity index (χ3v) is 4.61. The van der Waals surface area contributed by atoms with Crippen molar-refractivity contribution >= 4 is 46.0 Å². The Labute approximate surface area is 130 Å². The van der Waals surface area contributed by atoms with Gasteiger partial charge in [-0.3, -0.25) is 9.59 Å². The number of hydrogen-bond donors (Lipinski definition) is 1. The van der Waals surface area contributed by atoms with Crippen molar-refractivity contribution in [1.82, 2.24) is 10.2 Å². The SMILES string of the molecule is O=C(NCC(=O)N1CCCC1)c1ccc(I)c(Cl)c1. The molecule has 1 aromatic carbocycles. The molecule has 4 nitrogen and oxygen atoms in total. The highest BCUT2D eigenvalue weighted by molar-refractivity contribution is 14.1. The quantitative estimate of drug-likeness (QED) is 0.803. The molecule has 102 valence electrons. The van der Waals surface area contributed by atoms with Crippen LogP contribution in [0.25, 0.3) is 0 Å². The number of benzene rings is 1. The first kappa shape index (κ1) is 14.6. The number of amides is 2. The fourth-order valence-corrected chi connectivity index (χ4v) is 2.49. The minimum atomic E-state index is -0.272. The molecule has 6 heteroatoms. The Kier molecular flexibility index (Phi) is 5.04. The predicted molar refractivity (Wildman–Crippen MR) is 82.3 cm³/mol. The van der Waals surface area contributed by atoms with E-state index in [-0.39, 0.29) is 18.4 Å². The number of nitrogens with one attached hydrogen (secondary N) is 1. The fraction of sp³-hybridized carbons (Fsp3) is 0.385. The smallest absolute Gasteiger partial charge is 0.251 e. The van der Waals surface area contributed by atoms with Crippen molar-refractivity contribution in [1.29, 1.82) is 0 Å². The summed E-state index contributed by atoms with van der Waals surface area (Å²) in [7, 11) is 0. The Balaban J connectivity index is 1.90. The molecular weight excluding hydrogens is 379 g/mol. The number of rotatable bonds is 3. The van der Waals surface area contributed by atoms with E-state index in [4.69, 9.17) is 11.6 Å². The molecule has 1 aliphatic heterocycles. The van der Waals surface area contributed by atoms with Gasteiger partial charge in [0.25, 0.3) is 5.91 Å². The number of likely N-dealkylation sites (tertiary alicyclic amines) is 1. The maximum Gasteiger partial charge on any atom is 0.251 e. The molecule has 1 aromatic rings. The molecule has 1 heterocycles. The molecule has 0 spiro atoms.